The molecule has 140 valence electrons. The number of aromatic nitrogens is 1. The van der Waals surface area contributed by atoms with Gasteiger partial charge in [0.25, 0.3) is 0 Å². The van der Waals surface area contributed by atoms with E-state index in [1.165, 1.54) is 0 Å². The van der Waals surface area contributed by atoms with Crippen LogP contribution in [0.3, 0.4) is 0 Å². The number of piperazine rings is 1. The predicted octanol–water partition coefficient (Wildman–Crippen LogP) is 3.04. The molecular weight excluding hydrogens is 350 g/mol. The minimum atomic E-state index is -0.206. The number of benzene rings is 1. The molecule has 1 unspecified atom stereocenters. The van der Waals surface area contributed by atoms with Crippen LogP contribution in [0.2, 0.25) is 5.02 Å². The van der Waals surface area contributed by atoms with E-state index in [1.54, 1.807) is 18.3 Å². The van der Waals surface area contributed by atoms with E-state index in [9.17, 15) is 4.79 Å². The maximum Gasteiger partial charge on any atom is 0.319 e. The van der Waals surface area contributed by atoms with Crippen LogP contribution < -0.4 is 10.6 Å². The zero-order valence-corrected chi connectivity index (χ0v) is 16.1. The first-order valence-electron chi connectivity index (χ1n) is 9.05. The molecule has 1 aromatic heterocycles. The number of urea groups is 1. The third-order valence-corrected chi connectivity index (χ3v) is 5.28. The molecule has 3 rings (SSSR count). The maximum atomic E-state index is 12.2. The van der Waals surface area contributed by atoms with Crippen LogP contribution in [0.5, 0.6) is 0 Å². The van der Waals surface area contributed by atoms with E-state index in [2.05, 4.69) is 39.4 Å². The van der Waals surface area contributed by atoms with E-state index in [1.807, 2.05) is 12.1 Å². The third-order valence-electron chi connectivity index (χ3n) is 4.98. The maximum absolute atomic E-state index is 12.2. The minimum Gasteiger partial charge on any atom is -0.338 e. The lowest BCUT2D eigenvalue weighted by atomic mass is 10.1. The number of amides is 2. The predicted molar refractivity (Wildman–Crippen MR) is 107 cm³/mol. The van der Waals surface area contributed by atoms with Crippen molar-refractivity contribution in [3.63, 3.8) is 0 Å². The van der Waals surface area contributed by atoms with Crippen LogP contribution >= 0.6 is 11.6 Å². The largest absolute Gasteiger partial charge is 0.338 e. The fourth-order valence-electron chi connectivity index (χ4n) is 3.25. The van der Waals surface area contributed by atoms with E-state index in [0.29, 0.717) is 28.8 Å². The fraction of sp³-hybridized carbons (Fsp3) is 0.474. The molecule has 6 nitrogen and oxygen atoms in total. The van der Waals surface area contributed by atoms with E-state index < -0.39 is 0 Å². The number of fused-ring (bicyclic) bond motifs is 1. The molecule has 0 aliphatic carbocycles. The summed E-state index contributed by atoms with van der Waals surface area (Å²) in [6.07, 6.45) is 2.62. The lowest BCUT2D eigenvalue weighted by Crippen LogP contribution is -2.48. The highest BCUT2D eigenvalue weighted by atomic mass is 35.5. The number of carbonyl (C=O) groups excluding carboxylic acids is 1. The average molecular weight is 376 g/mol. The van der Waals surface area contributed by atoms with Crippen molar-refractivity contribution < 1.29 is 4.79 Å². The fourth-order valence-corrected chi connectivity index (χ4v) is 3.47. The first kappa shape index (κ1) is 18.9. The van der Waals surface area contributed by atoms with Crippen molar-refractivity contribution in [2.24, 2.45) is 0 Å². The van der Waals surface area contributed by atoms with Crippen LogP contribution in [-0.2, 0) is 0 Å². The summed E-state index contributed by atoms with van der Waals surface area (Å²) in [5.41, 5.74) is 1.40. The average Bonchev–Trinajstić information content (AvgIpc) is 2.65. The Bertz CT molecular complexity index is 761. The highest BCUT2D eigenvalue weighted by Gasteiger charge is 2.18. The smallest absolute Gasteiger partial charge is 0.319 e. The normalized spacial score (nSPS) is 17.2. The molecular formula is C19H26ClN5O. The van der Waals surface area contributed by atoms with Gasteiger partial charge in [0.2, 0.25) is 0 Å². The van der Waals surface area contributed by atoms with Gasteiger partial charge in [-0.25, -0.2) is 4.79 Å². The summed E-state index contributed by atoms with van der Waals surface area (Å²) < 4.78 is 0. The van der Waals surface area contributed by atoms with Crippen molar-refractivity contribution in [1.29, 1.82) is 0 Å². The van der Waals surface area contributed by atoms with Gasteiger partial charge in [-0.15, -0.1) is 0 Å². The topological polar surface area (TPSA) is 60.5 Å². The molecule has 1 aliphatic rings. The molecule has 2 aromatic rings. The number of nitrogens with one attached hydrogen (secondary N) is 2. The molecule has 26 heavy (non-hydrogen) atoms. The van der Waals surface area contributed by atoms with Crippen LogP contribution in [0.25, 0.3) is 10.9 Å². The molecule has 1 aliphatic heterocycles. The number of hydrogen-bond acceptors (Lipinski definition) is 4. The van der Waals surface area contributed by atoms with Gasteiger partial charge in [-0.05, 0) is 44.7 Å². The van der Waals surface area contributed by atoms with E-state index in [0.717, 1.165) is 38.0 Å². The summed E-state index contributed by atoms with van der Waals surface area (Å²) in [5.74, 6) is 0. The van der Waals surface area contributed by atoms with Gasteiger partial charge in [0.05, 0.1) is 16.2 Å². The van der Waals surface area contributed by atoms with Gasteiger partial charge in [-0.2, -0.15) is 0 Å². The standard InChI is InChI=1S/C19H26ClN5O/c1-14(25-12-10-24(2)11-13-25)7-9-22-19(26)23-17-6-5-16(20)18-15(17)4-3-8-21-18/h3-6,8,14H,7,9-13H2,1-2H3,(H2,22,23,26). The van der Waals surface area contributed by atoms with Gasteiger partial charge in [0, 0.05) is 50.3 Å². The summed E-state index contributed by atoms with van der Waals surface area (Å²) in [4.78, 5) is 21.4. The summed E-state index contributed by atoms with van der Waals surface area (Å²) in [6.45, 7) is 7.26. The number of hydrogen-bond donors (Lipinski definition) is 2. The monoisotopic (exact) mass is 375 g/mol. The summed E-state index contributed by atoms with van der Waals surface area (Å²) >= 11 is 6.17. The Balaban J connectivity index is 1.50. The van der Waals surface area contributed by atoms with Crippen LogP contribution in [-0.4, -0.2) is 66.6 Å². The van der Waals surface area contributed by atoms with Gasteiger partial charge in [-0.1, -0.05) is 11.6 Å². The molecule has 1 aromatic carbocycles. The number of carbonyl (C=O) groups is 1. The van der Waals surface area contributed by atoms with Crippen molar-refractivity contribution in [2.45, 2.75) is 19.4 Å². The Morgan fingerprint density at radius 3 is 2.81 bits per heavy atom. The SMILES string of the molecule is CC(CCNC(=O)Nc1ccc(Cl)c2ncccc12)N1CCN(C)CC1. The highest BCUT2D eigenvalue weighted by molar-refractivity contribution is 6.35. The Labute approximate surface area is 159 Å². The van der Waals surface area contributed by atoms with E-state index in [-0.39, 0.29) is 6.03 Å². The number of halogens is 1. The van der Waals surface area contributed by atoms with Crippen molar-refractivity contribution >= 4 is 34.2 Å². The second kappa shape index (κ2) is 8.66. The zero-order chi connectivity index (χ0) is 18.5. The number of nitrogens with zero attached hydrogens (tertiary/aromatic N) is 3. The van der Waals surface area contributed by atoms with Gasteiger partial charge in [0.15, 0.2) is 0 Å². The summed E-state index contributed by atoms with van der Waals surface area (Å²) in [5, 5.41) is 7.26. The van der Waals surface area contributed by atoms with Crippen molar-refractivity contribution in [2.75, 3.05) is 45.1 Å². The highest BCUT2D eigenvalue weighted by Crippen LogP contribution is 2.27. The van der Waals surface area contributed by atoms with Crippen LogP contribution in [0, 0.1) is 0 Å². The van der Waals surface area contributed by atoms with E-state index in [4.69, 9.17) is 11.6 Å². The Kier molecular flexibility index (Phi) is 6.29. The molecule has 0 saturated carbocycles. The quantitative estimate of drug-likeness (QED) is 0.843. The van der Waals surface area contributed by atoms with Gasteiger partial charge >= 0.3 is 6.03 Å². The lowest BCUT2D eigenvalue weighted by Gasteiger charge is -2.36. The first-order valence-corrected chi connectivity index (χ1v) is 9.43. The molecule has 1 fully saturated rings. The number of pyridine rings is 1. The van der Waals surface area contributed by atoms with Gasteiger partial charge < -0.3 is 15.5 Å². The van der Waals surface area contributed by atoms with Crippen molar-refractivity contribution in [1.82, 2.24) is 20.1 Å². The molecule has 0 spiro atoms. The molecule has 2 amide bonds. The van der Waals surface area contributed by atoms with E-state index >= 15 is 0 Å². The summed E-state index contributed by atoms with van der Waals surface area (Å²) in [6, 6.07) is 7.55. The van der Waals surface area contributed by atoms with Gasteiger partial charge in [-0.3, -0.25) is 9.88 Å². The van der Waals surface area contributed by atoms with Crippen LogP contribution in [0.4, 0.5) is 10.5 Å². The Morgan fingerprint density at radius 1 is 1.27 bits per heavy atom. The zero-order valence-electron chi connectivity index (χ0n) is 15.3. The molecule has 2 heterocycles. The molecule has 0 bridgehead atoms. The Morgan fingerprint density at radius 2 is 2.04 bits per heavy atom. The first-order chi connectivity index (χ1) is 12.5. The molecule has 7 heteroatoms. The van der Waals surface area contributed by atoms with Crippen LogP contribution in [0.1, 0.15) is 13.3 Å². The molecule has 2 N–H and O–H groups in total. The second-order valence-electron chi connectivity index (χ2n) is 6.85. The lowest BCUT2D eigenvalue weighted by molar-refractivity contribution is 0.115. The molecule has 1 atom stereocenters. The van der Waals surface area contributed by atoms with Gasteiger partial charge in [0.1, 0.15) is 0 Å². The number of likely N-dealkylation sites (N-methyl/N-ethyl adjacent to an activating group) is 1. The number of rotatable bonds is 5. The number of anilines is 1. The molecule has 1 saturated heterocycles. The molecule has 0 radical (unpaired) electrons. The van der Waals surface area contributed by atoms with Crippen molar-refractivity contribution in [3.05, 3.63) is 35.5 Å². The Hall–Kier alpha value is -1.89. The van der Waals surface area contributed by atoms with Crippen molar-refractivity contribution in [3.8, 4) is 0 Å². The summed E-state index contributed by atoms with van der Waals surface area (Å²) in [7, 11) is 2.16. The van der Waals surface area contributed by atoms with Crippen LogP contribution in [0.15, 0.2) is 30.5 Å². The second-order valence-corrected chi connectivity index (χ2v) is 7.26. The minimum absolute atomic E-state index is 0.206. The third kappa shape index (κ3) is 4.63.